The van der Waals surface area contributed by atoms with Crippen LogP contribution in [0.3, 0.4) is 0 Å². The van der Waals surface area contributed by atoms with Crippen molar-refractivity contribution in [2.45, 2.75) is 6.54 Å². The van der Waals surface area contributed by atoms with Crippen LogP contribution in [0.4, 0.5) is 10.1 Å². The summed E-state index contributed by atoms with van der Waals surface area (Å²) in [5.41, 5.74) is 2.04. The molecule has 2 aromatic carbocycles. The van der Waals surface area contributed by atoms with E-state index in [0.29, 0.717) is 33.9 Å². The summed E-state index contributed by atoms with van der Waals surface area (Å²) in [6.45, 7) is 0.353. The van der Waals surface area contributed by atoms with Crippen LogP contribution in [0.5, 0.6) is 0 Å². The van der Waals surface area contributed by atoms with E-state index in [9.17, 15) is 14.0 Å². The van der Waals surface area contributed by atoms with E-state index in [-0.39, 0.29) is 0 Å². The molecule has 0 saturated carbocycles. The molecule has 0 saturated heterocycles. The minimum absolute atomic E-state index is 0.325. The molecule has 0 spiro atoms. The molecule has 1 aliphatic heterocycles. The summed E-state index contributed by atoms with van der Waals surface area (Å²) < 4.78 is 13.2. The van der Waals surface area contributed by atoms with Gasteiger partial charge < -0.3 is 5.32 Å². The summed E-state index contributed by atoms with van der Waals surface area (Å²) in [5.74, 6) is -1.20. The number of carbonyl (C=O) groups is 2. The molecule has 21 heavy (non-hydrogen) atoms. The average molecular weight is 305 g/mol. The Morgan fingerprint density at radius 2 is 1.81 bits per heavy atom. The van der Waals surface area contributed by atoms with Crippen LogP contribution in [-0.2, 0) is 6.54 Å². The highest BCUT2D eigenvalue weighted by Gasteiger charge is 2.26. The zero-order valence-corrected chi connectivity index (χ0v) is 11.5. The number of carbonyl (C=O) groups excluding carboxylic acids is 2. The van der Waals surface area contributed by atoms with Crippen molar-refractivity contribution in [3.8, 4) is 0 Å². The molecule has 0 bridgehead atoms. The molecule has 1 aliphatic rings. The van der Waals surface area contributed by atoms with Gasteiger partial charge in [-0.1, -0.05) is 11.6 Å². The summed E-state index contributed by atoms with van der Waals surface area (Å²) in [6, 6.07) is 9.13. The van der Waals surface area contributed by atoms with Gasteiger partial charge in [0.15, 0.2) is 0 Å². The van der Waals surface area contributed by atoms with Gasteiger partial charge in [-0.15, -0.1) is 0 Å². The van der Waals surface area contributed by atoms with Crippen LogP contribution in [0.15, 0.2) is 36.4 Å². The molecule has 1 heterocycles. The molecule has 0 fully saturated rings. The largest absolute Gasteiger partial charge is 0.381 e. The van der Waals surface area contributed by atoms with Gasteiger partial charge in [0.05, 0.1) is 11.1 Å². The second-order valence-electron chi connectivity index (χ2n) is 4.67. The summed E-state index contributed by atoms with van der Waals surface area (Å²) in [7, 11) is 0. The fourth-order valence-electron chi connectivity index (χ4n) is 2.19. The average Bonchev–Trinajstić information content (AvgIpc) is 2.70. The Kier molecular flexibility index (Phi) is 3.35. The molecule has 0 atom stereocenters. The van der Waals surface area contributed by atoms with Crippen molar-refractivity contribution < 1.29 is 14.0 Å². The van der Waals surface area contributed by atoms with Gasteiger partial charge in [-0.05, 0) is 42.0 Å². The van der Waals surface area contributed by atoms with Crippen molar-refractivity contribution in [3.63, 3.8) is 0 Å². The predicted molar refractivity (Wildman–Crippen MR) is 77.0 cm³/mol. The quantitative estimate of drug-likeness (QED) is 0.857. The number of anilines is 1. The van der Waals surface area contributed by atoms with Crippen LogP contribution in [0.1, 0.15) is 26.3 Å². The maximum Gasteiger partial charge on any atom is 0.259 e. The summed E-state index contributed by atoms with van der Waals surface area (Å²) in [6.07, 6.45) is 0. The van der Waals surface area contributed by atoms with Gasteiger partial charge in [-0.3, -0.25) is 14.9 Å². The first-order valence-corrected chi connectivity index (χ1v) is 6.59. The highest BCUT2D eigenvalue weighted by atomic mass is 35.5. The lowest BCUT2D eigenvalue weighted by molar-refractivity contribution is 0.0879. The van der Waals surface area contributed by atoms with Crippen molar-refractivity contribution in [1.29, 1.82) is 0 Å². The van der Waals surface area contributed by atoms with Crippen LogP contribution < -0.4 is 10.6 Å². The number of nitrogens with one attached hydrogen (secondary N) is 2. The Morgan fingerprint density at radius 1 is 1.05 bits per heavy atom. The van der Waals surface area contributed by atoms with E-state index in [1.54, 1.807) is 24.3 Å². The molecule has 6 heteroatoms. The maximum absolute atomic E-state index is 13.2. The third kappa shape index (κ3) is 2.73. The van der Waals surface area contributed by atoms with E-state index in [4.69, 9.17) is 11.6 Å². The molecule has 2 N–H and O–H groups in total. The van der Waals surface area contributed by atoms with Gasteiger partial charge in [-0.2, -0.15) is 0 Å². The van der Waals surface area contributed by atoms with E-state index in [0.717, 1.165) is 0 Å². The SMILES string of the molecule is O=C1NC(=O)c2cc(NCc3cc(F)cc(Cl)c3)ccc21. The Balaban J connectivity index is 1.79. The minimum Gasteiger partial charge on any atom is -0.381 e. The van der Waals surface area contributed by atoms with Crippen LogP contribution in [0, 0.1) is 5.82 Å². The molecule has 2 aromatic rings. The first-order valence-electron chi connectivity index (χ1n) is 6.21. The number of fused-ring (bicyclic) bond motifs is 1. The van der Waals surface area contributed by atoms with E-state index in [1.807, 2.05) is 0 Å². The number of hydrogen-bond acceptors (Lipinski definition) is 3. The minimum atomic E-state index is -0.410. The molecule has 3 rings (SSSR count). The third-order valence-electron chi connectivity index (χ3n) is 3.15. The van der Waals surface area contributed by atoms with Gasteiger partial charge in [0.25, 0.3) is 11.8 Å². The van der Waals surface area contributed by atoms with E-state index < -0.39 is 17.6 Å². The molecule has 106 valence electrons. The molecular formula is C15H10ClFN2O2. The second-order valence-corrected chi connectivity index (χ2v) is 5.11. The standard InChI is InChI=1S/C15H10ClFN2O2/c16-9-3-8(4-10(17)5-9)7-18-11-1-2-12-13(6-11)15(21)19-14(12)20/h1-6,18H,7H2,(H,19,20,21). The van der Waals surface area contributed by atoms with Crippen LogP contribution >= 0.6 is 11.6 Å². The van der Waals surface area contributed by atoms with Crippen LogP contribution in [0.2, 0.25) is 5.02 Å². The normalized spacial score (nSPS) is 13.0. The molecule has 0 aromatic heterocycles. The first kappa shape index (κ1) is 13.6. The summed E-state index contributed by atoms with van der Waals surface area (Å²) >= 11 is 5.79. The third-order valence-corrected chi connectivity index (χ3v) is 3.37. The summed E-state index contributed by atoms with van der Waals surface area (Å²) in [4.78, 5) is 23.0. The fraction of sp³-hybridized carbons (Fsp3) is 0.0667. The highest BCUT2D eigenvalue weighted by molar-refractivity contribution is 6.30. The van der Waals surface area contributed by atoms with Gasteiger partial charge in [0.2, 0.25) is 0 Å². The number of rotatable bonds is 3. The van der Waals surface area contributed by atoms with E-state index >= 15 is 0 Å². The van der Waals surface area contributed by atoms with Gasteiger partial charge in [0, 0.05) is 17.3 Å². The number of amides is 2. The Morgan fingerprint density at radius 3 is 2.57 bits per heavy atom. The molecule has 0 aliphatic carbocycles. The molecule has 0 radical (unpaired) electrons. The lowest BCUT2D eigenvalue weighted by Gasteiger charge is -2.08. The number of imide groups is 1. The monoisotopic (exact) mass is 304 g/mol. The smallest absolute Gasteiger partial charge is 0.259 e. The van der Waals surface area contributed by atoms with Crippen molar-refractivity contribution in [2.75, 3.05) is 5.32 Å². The zero-order valence-electron chi connectivity index (χ0n) is 10.7. The van der Waals surface area contributed by atoms with Crippen molar-refractivity contribution >= 4 is 29.1 Å². The molecule has 2 amide bonds. The Labute approximate surface area is 124 Å². The lowest BCUT2D eigenvalue weighted by atomic mass is 10.1. The number of halogens is 2. The van der Waals surface area contributed by atoms with Crippen LogP contribution in [0.25, 0.3) is 0 Å². The number of hydrogen-bond donors (Lipinski definition) is 2. The Bertz CT molecular complexity index is 741. The highest BCUT2D eigenvalue weighted by Crippen LogP contribution is 2.21. The maximum atomic E-state index is 13.2. The molecular weight excluding hydrogens is 295 g/mol. The number of benzene rings is 2. The molecule has 4 nitrogen and oxygen atoms in total. The lowest BCUT2D eigenvalue weighted by Crippen LogP contribution is -2.19. The first-order chi connectivity index (χ1) is 10.0. The van der Waals surface area contributed by atoms with Crippen LogP contribution in [-0.4, -0.2) is 11.8 Å². The van der Waals surface area contributed by atoms with Gasteiger partial charge >= 0.3 is 0 Å². The topological polar surface area (TPSA) is 58.2 Å². The van der Waals surface area contributed by atoms with Gasteiger partial charge in [0.1, 0.15) is 5.82 Å². The summed E-state index contributed by atoms with van der Waals surface area (Å²) in [5, 5.41) is 5.61. The fourth-order valence-corrected chi connectivity index (χ4v) is 2.44. The van der Waals surface area contributed by atoms with Crippen molar-refractivity contribution in [3.05, 3.63) is 63.9 Å². The van der Waals surface area contributed by atoms with E-state index in [2.05, 4.69) is 10.6 Å². The predicted octanol–water partition coefficient (Wildman–Crippen LogP) is 2.97. The second kappa shape index (κ2) is 5.18. The van der Waals surface area contributed by atoms with Crippen molar-refractivity contribution in [2.24, 2.45) is 0 Å². The van der Waals surface area contributed by atoms with Crippen molar-refractivity contribution in [1.82, 2.24) is 5.32 Å². The molecule has 0 unspecified atom stereocenters. The van der Waals surface area contributed by atoms with E-state index in [1.165, 1.54) is 12.1 Å². The van der Waals surface area contributed by atoms with Gasteiger partial charge in [-0.25, -0.2) is 4.39 Å². The zero-order chi connectivity index (χ0) is 15.0. The Hall–Kier alpha value is -2.40.